The Morgan fingerprint density at radius 3 is 2.46 bits per heavy atom. The summed E-state index contributed by atoms with van der Waals surface area (Å²) in [6.07, 6.45) is 0.747. The van der Waals surface area contributed by atoms with E-state index in [1.807, 2.05) is 37.3 Å². The van der Waals surface area contributed by atoms with Crippen molar-refractivity contribution in [3.63, 3.8) is 0 Å². The van der Waals surface area contributed by atoms with Gasteiger partial charge in [0.1, 0.15) is 0 Å². The van der Waals surface area contributed by atoms with E-state index in [0.717, 1.165) is 12.0 Å². The van der Waals surface area contributed by atoms with Crippen molar-refractivity contribution in [3.8, 4) is 11.5 Å². The molecule has 2 aromatic carbocycles. The highest BCUT2D eigenvalue weighted by atomic mass is 16.5. The van der Waals surface area contributed by atoms with Crippen LogP contribution in [0, 0.1) is 0 Å². The molecule has 2 aromatic rings. The van der Waals surface area contributed by atoms with Gasteiger partial charge >= 0.3 is 0 Å². The lowest BCUT2D eigenvalue weighted by Crippen LogP contribution is -2.37. The van der Waals surface area contributed by atoms with Crippen LogP contribution in [0.2, 0.25) is 0 Å². The Hall–Kier alpha value is -3.02. The predicted octanol–water partition coefficient (Wildman–Crippen LogP) is 2.18. The smallest absolute Gasteiger partial charge is 0.251 e. The SMILES string of the molecule is CCOc1cc(C(=O)NCC(=O)NCCc2ccccc2)ccc1OC. The fourth-order valence-corrected chi connectivity index (χ4v) is 2.40. The number of amides is 2. The van der Waals surface area contributed by atoms with Crippen LogP contribution in [-0.4, -0.2) is 38.6 Å². The summed E-state index contributed by atoms with van der Waals surface area (Å²) in [5, 5.41) is 5.40. The zero-order valence-corrected chi connectivity index (χ0v) is 15.1. The van der Waals surface area contributed by atoms with Crippen molar-refractivity contribution in [1.29, 1.82) is 0 Å². The largest absolute Gasteiger partial charge is 0.493 e. The van der Waals surface area contributed by atoms with Crippen molar-refractivity contribution in [2.75, 3.05) is 26.8 Å². The van der Waals surface area contributed by atoms with Crippen LogP contribution in [0.15, 0.2) is 48.5 Å². The lowest BCUT2D eigenvalue weighted by Gasteiger charge is -2.11. The van der Waals surface area contributed by atoms with E-state index < -0.39 is 0 Å². The average molecular weight is 356 g/mol. The Bertz CT molecular complexity index is 732. The van der Waals surface area contributed by atoms with Gasteiger partial charge in [0.25, 0.3) is 5.91 Å². The molecule has 0 fully saturated rings. The normalized spacial score (nSPS) is 10.1. The number of carbonyl (C=O) groups excluding carboxylic acids is 2. The van der Waals surface area contributed by atoms with Crippen molar-refractivity contribution in [2.24, 2.45) is 0 Å². The Kier molecular flexibility index (Phi) is 7.49. The van der Waals surface area contributed by atoms with Gasteiger partial charge < -0.3 is 20.1 Å². The maximum atomic E-state index is 12.2. The van der Waals surface area contributed by atoms with Gasteiger partial charge in [-0.1, -0.05) is 30.3 Å². The molecule has 138 valence electrons. The molecule has 0 saturated carbocycles. The lowest BCUT2D eigenvalue weighted by atomic mass is 10.1. The summed E-state index contributed by atoms with van der Waals surface area (Å²) in [7, 11) is 1.54. The topological polar surface area (TPSA) is 76.7 Å². The second-order valence-electron chi connectivity index (χ2n) is 5.57. The Morgan fingerprint density at radius 2 is 1.77 bits per heavy atom. The first-order chi connectivity index (χ1) is 12.6. The van der Waals surface area contributed by atoms with E-state index in [9.17, 15) is 9.59 Å². The van der Waals surface area contributed by atoms with Gasteiger partial charge in [-0.25, -0.2) is 0 Å². The molecule has 0 heterocycles. The summed E-state index contributed by atoms with van der Waals surface area (Å²) in [6.45, 7) is 2.76. The number of nitrogens with one attached hydrogen (secondary N) is 2. The molecule has 0 atom stereocenters. The highest BCUT2D eigenvalue weighted by molar-refractivity contribution is 5.97. The maximum absolute atomic E-state index is 12.2. The van der Waals surface area contributed by atoms with E-state index in [-0.39, 0.29) is 18.4 Å². The van der Waals surface area contributed by atoms with Crippen LogP contribution < -0.4 is 20.1 Å². The summed E-state index contributed by atoms with van der Waals surface area (Å²) in [4.78, 5) is 24.1. The van der Waals surface area contributed by atoms with Gasteiger partial charge in [0, 0.05) is 12.1 Å². The molecule has 0 bridgehead atoms. The predicted molar refractivity (Wildman–Crippen MR) is 99.7 cm³/mol. The Balaban J connectivity index is 1.80. The van der Waals surface area contributed by atoms with E-state index in [1.54, 1.807) is 18.2 Å². The number of hydrogen-bond donors (Lipinski definition) is 2. The highest BCUT2D eigenvalue weighted by Crippen LogP contribution is 2.27. The van der Waals surface area contributed by atoms with Gasteiger partial charge in [0.05, 0.1) is 20.3 Å². The van der Waals surface area contributed by atoms with E-state index in [1.165, 1.54) is 7.11 Å². The highest BCUT2D eigenvalue weighted by Gasteiger charge is 2.12. The molecule has 2 amide bonds. The van der Waals surface area contributed by atoms with Gasteiger partial charge in [-0.05, 0) is 37.1 Å². The van der Waals surface area contributed by atoms with Crippen LogP contribution in [0.5, 0.6) is 11.5 Å². The van der Waals surface area contributed by atoms with Crippen LogP contribution in [-0.2, 0) is 11.2 Å². The van der Waals surface area contributed by atoms with Crippen molar-refractivity contribution in [2.45, 2.75) is 13.3 Å². The molecule has 0 aliphatic carbocycles. The van der Waals surface area contributed by atoms with Crippen LogP contribution in [0.4, 0.5) is 0 Å². The third-order valence-corrected chi connectivity index (χ3v) is 3.71. The van der Waals surface area contributed by atoms with Crippen molar-refractivity contribution < 1.29 is 19.1 Å². The minimum absolute atomic E-state index is 0.0797. The molecule has 6 heteroatoms. The molecule has 2 N–H and O–H groups in total. The standard InChI is InChI=1S/C20H24N2O4/c1-3-26-18-13-16(9-10-17(18)25-2)20(24)22-14-19(23)21-12-11-15-7-5-4-6-8-15/h4-10,13H,3,11-12,14H2,1-2H3,(H,21,23)(H,22,24). The maximum Gasteiger partial charge on any atom is 0.251 e. The van der Waals surface area contributed by atoms with E-state index in [4.69, 9.17) is 9.47 Å². The molecule has 0 unspecified atom stereocenters. The number of ether oxygens (including phenoxy) is 2. The van der Waals surface area contributed by atoms with E-state index >= 15 is 0 Å². The van der Waals surface area contributed by atoms with Crippen LogP contribution >= 0.6 is 0 Å². The number of benzene rings is 2. The van der Waals surface area contributed by atoms with Crippen molar-refractivity contribution in [3.05, 3.63) is 59.7 Å². The molecule has 0 saturated heterocycles. The average Bonchev–Trinajstić information content (AvgIpc) is 2.67. The first kappa shape index (κ1) is 19.3. The summed E-state index contributed by atoms with van der Waals surface area (Å²) < 4.78 is 10.6. The second kappa shape index (κ2) is 10.1. The number of hydrogen-bond acceptors (Lipinski definition) is 4. The fourth-order valence-electron chi connectivity index (χ4n) is 2.40. The molecular weight excluding hydrogens is 332 g/mol. The van der Waals surface area contributed by atoms with E-state index in [0.29, 0.717) is 30.2 Å². The van der Waals surface area contributed by atoms with Gasteiger partial charge in [-0.3, -0.25) is 9.59 Å². The van der Waals surface area contributed by atoms with Crippen LogP contribution in [0.3, 0.4) is 0 Å². The van der Waals surface area contributed by atoms with Gasteiger partial charge in [-0.15, -0.1) is 0 Å². The molecule has 6 nitrogen and oxygen atoms in total. The molecule has 0 aliphatic heterocycles. The van der Waals surface area contributed by atoms with Crippen LogP contribution in [0.1, 0.15) is 22.8 Å². The molecule has 0 radical (unpaired) electrons. The third kappa shape index (κ3) is 5.81. The zero-order chi connectivity index (χ0) is 18.8. The van der Waals surface area contributed by atoms with Crippen molar-refractivity contribution >= 4 is 11.8 Å². The summed E-state index contributed by atoms with van der Waals surface area (Å²) in [5.74, 6) is 0.483. The Morgan fingerprint density at radius 1 is 1.00 bits per heavy atom. The van der Waals surface area contributed by atoms with Crippen molar-refractivity contribution in [1.82, 2.24) is 10.6 Å². The monoisotopic (exact) mass is 356 g/mol. The summed E-state index contributed by atoms with van der Waals surface area (Å²) >= 11 is 0. The van der Waals surface area contributed by atoms with Gasteiger partial charge in [0.15, 0.2) is 11.5 Å². The molecular formula is C20H24N2O4. The zero-order valence-electron chi connectivity index (χ0n) is 15.1. The third-order valence-electron chi connectivity index (χ3n) is 3.71. The first-order valence-corrected chi connectivity index (χ1v) is 8.53. The first-order valence-electron chi connectivity index (χ1n) is 8.53. The molecule has 0 spiro atoms. The number of carbonyl (C=O) groups is 2. The lowest BCUT2D eigenvalue weighted by molar-refractivity contribution is -0.120. The van der Waals surface area contributed by atoms with Crippen LogP contribution in [0.25, 0.3) is 0 Å². The molecule has 0 aromatic heterocycles. The number of rotatable bonds is 9. The fraction of sp³-hybridized carbons (Fsp3) is 0.300. The minimum Gasteiger partial charge on any atom is -0.493 e. The number of methoxy groups -OCH3 is 1. The molecule has 26 heavy (non-hydrogen) atoms. The van der Waals surface area contributed by atoms with E-state index in [2.05, 4.69) is 10.6 Å². The summed E-state index contributed by atoms with van der Waals surface area (Å²) in [6, 6.07) is 14.8. The molecule has 0 aliphatic rings. The van der Waals surface area contributed by atoms with Gasteiger partial charge in [0.2, 0.25) is 5.91 Å². The quantitative estimate of drug-likeness (QED) is 0.722. The minimum atomic E-state index is -0.341. The van der Waals surface area contributed by atoms with Gasteiger partial charge in [-0.2, -0.15) is 0 Å². The summed E-state index contributed by atoms with van der Waals surface area (Å²) in [5.41, 5.74) is 1.56. The second-order valence-corrected chi connectivity index (χ2v) is 5.57. The molecule has 2 rings (SSSR count). The Labute approximate surface area is 153 Å².